The largest absolute Gasteiger partial charge is 0.349 e. The van der Waals surface area contributed by atoms with Crippen LogP contribution in [0.25, 0.3) is 0 Å². The Bertz CT molecular complexity index is 807. The van der Waals surface area contributed by atoms with Crippen LogP contribution in [0.15, 0.2) is 42.6 Å². The zero-order chi connectivity index (χ0) is 19.9. The number of hydrogen-bond donors (Lipinski definition) is 2. The third kappa shape index (κ3) is 5.41. The predicted octanol–water partition coefficient (Wildman–Crippen LogP) is 4.91. The van der Waals surface area contributed by atoms with Crippen LogP contribution in [0.3, 0.4) is 0 Å². The molecule has 1 aromatic heterocycles. The van der Waals surface area contributed by atoms with Gasteiger partial charge in [0, 0.05) is 23.5 Å². The van der Waals surface area contributed by atoms with Gasteiger partial charge in [-0.05, 0) is 48.6 Å². The molecule has 0 atom stereocenters. The van der Waals surface area contributed by atoms with E-state index in [1.54, 1.807) is 12.1 Å². The van der Waals surface area contributed by atoms with Gasteiger partial charge in [-0.1, -0.05) is 51.7 Å². The highest BCUT2D eigenvalue weighted by Gasteiger charge is 2.17. The summed E-state index contributed by atoms with van der Waals surface area (Å²) in [5.41, 5.74) is 2.64. The molecule has 1 aliphatic carbocycles. The van der Waals surface area contributed by atoms with E-state index in [4.69, 9.17) is 0 Å². The lowest BCUT2D eigenvalue weighted by Gasteiger charge is -2.16. The van der Waals surface area contributed by atoms with E-state index in [-0.39, 0.29) is 23.6 Å². The first-order valence-corrected chi connectivity index (χ1v) is 10.2. The predicted molar refractivity (Wildman–Crippen MR) is 112 cm³/mol. The molecule has 148 valence electrons. The molecule has 1 fully saturated rings. The number of rotatable bonds is 5. The van der Waals surface area contributed by atoms with Crippen LogP contribution in [-0.4, -0.2) is 22.8 Å². The minimum Gasteiger partial charge on any atom is -0.349 e. The topological polar surface area (TPSA) is 71.1 Å². The second-order valence-electron chi connectivity index (χ2n) is 7.82. The first-order chi connectivity index (χ1) is 13.5. The molecule has 28 heavy (non-hydrogen) atoms. The van der Waals surface area contributed by atoms with Gasteiger partial charge in [0.15, 0.2) is 0 Å². The molecule has 0 radical (unpaired) electrons. The van der Waals surface area contributed by atoms with Gasteiger partial charge in [0.1, 0.15) is 5.69 Å². The number of hydrogen-bond acceptors (Lipinski definition) is 3. The normalized spacial score (nSPS) is 15.1. The van der Waals surface area contributed by atoms with E-state index in [1.807, 2.05) is 24.3 Å². The smallest absolute Gasteiger partial charge is 0.274 e. The minimum atomic E-state index is -0.318. The molecule has 0 aliphatic heterocycles. The van der Waals surface area contributed by atoms with Crippen LogP contribution in [0, 0.1) is 0 Å². The van der Waals surface area contributed by atoms with Crippen LogP contribution < -0.4 is 10.6 Å². The highest BCUT2D eigenvalue weighted by atomic mass is 16.2. The number of amides is 2. The van der Waals surface area contributed by atoms with Gasteiger partial charge in [-0.15, -0.1) is 0 Å². The average molecular weight is 380 g/mol. The summed E-state index contributed by atoms with van der Waals surface area (Å²) in [6.45, 7) is 4.26. The molecule has 0 bridgehead atoms. The lowest BCUT2D eigenvalue weighted by molar-refractivity contribution is 0.0933. The second kappa shape index (κ2) is 9.49. The SMILES string of the molecule is CC(C)c1ccc(NC(=O)c2cc(C(=O)NC3CCCCCC3)ccn2)cc1. The molecule has 1 aromatic carbocycles. The number of pyridine rings is 1. The fourth-order valence-electron chi connectivity index (χ4n) is 3.53. The summed E-state index contributed by atoms with van der Waals surface area (Å²) in [5, 5.41) is 5.96. The van der Waals surface area contributed by atoms with Crippen LogP contribution >= 0.6 is 0 Å². The van der Waals surface area contributed by atoms with Gasteiger partial charge in [-0.3, -0.25) is 14.6 Å². The highest BCUT2D eigenvalue weighted by Crippen LogP contribution is 2.19. The number of nitrogens with one attached hydrogen (secondary N) is 2. The third-order valence-electron chi connectivity index (χ3n) is 5.28. The number of benzene rings is 1. The Balaban J connectivity index is 1.64. The Hall–Kier alpha value is -2.69. The van der Waals surface area contributed by atoms with E-state index in [0.29, 0.717) is 17.2 Å². The number of anilines is 1. The average Bonchev–Trinajstić information content (AvgIpc) is 2.97. The summed E-state index contributed by atoms with van der Waals surface area (Å²) in [6.07, 6.45) is 8.36. The number of carbonyl (C=O) groups is 2. The third-order valence-corrected chi connectivity index (χ3v) is 5.28. The van der Waals surface area contributed by atoms with E-state index in [9.17, 15) is 9.59 Å². The molecule has 2 N–H and O–H groups in total. The van der Waals surface area contributed by atoms with Gasteiger partial charge in [0.05, 0.1) is 0 Å². The van der Waals surface area contributed by atoms with Crippen molar-refractivity contribution < 1.29 is 9.59 Å². The summed E-state index contributed by atoms with van der Waals surface area (Å²) in [4.78, 5) is 29.3. The summed E-state index contributed by atoms with van der Waals surface area (Å²) in [6, 6.07) is 11.2. The fraction of sp³-hybridized carbons (Fsp3) is 0.435. The van der Waals surface area contributed by atoms with Crippen molar-refractivity contribution in [2.24, 2.45) is 0 Å². The van der Waals surface area contributed by atoms with E-state index in [2.05, 4.69) is 29.5 Å². The van der Waals surface area contributed by atoms with Crippen LogP contribution in [0.5, 0.6) is 0 Å². The Morgan fingerprint density at radius 1 is 0.964 bits per heavy atom. The van der Waals surface area contributed by atoms with Crippen molar-refractivity contribution in [3.05, 3.63) is 59.4 Å². The first-order valence-electron chi connectivity index (χ1n) is 10.2. The van der Waals surface area contributed by atoms with Gasteiger partial charge in [-0.25, -0.2) is 0 Å². The minimum absolute atomic E-state index is 0.135. The lowest BCUT2D eigenvalue weighted by Crippen LogP contribution is -2.34. The molecule has 0 saturated heterocycles. The zero-order valence-electron chi connectivity index (χ0n) is 16.7. The molecule has 2 aromatic rings. The molecule has 0 unspecified atom stereocenters. The van der Waals surface area contributed by atoms with E-state index < -0.39 is 0 Å². The van der Waals surface area contributed by atoms with Gasteiger partial charge in [0.2, 0.25) is 0 Å². The Morgan fingerprint density at radius 3 is 2.29 bits per heavy atom. The fourth-order valence-corrected chi connectivity index (χ4v) is 3.53. The van der Waals surface area contributed by atoms with Gasteiger partial charge in [0.25, 0.3) is 11.8 Å². The van der Waals surface area contributed by atoms with E-state index >= 15 is 0 Å². The maximum absolute atomic E-state index is 12.6. The maximum atomic E-state index is 12.6. The first kappa shape index (κ1) is 20.1. The Kier molecular flexibility index (Phi) is 6.80. The number of carbonyl (C=O) groups excluding carboxylic acids is 2. The summed E-state index contributed by atoms with van der Waals surface area (Å²) < 4.78 is 0. The van der Waals surface area contributed by atoms with Crippen molar-refractivity contribution in [2.75, 3.05) is 5.32 Å². The van der Waals surface area contributed by atoms with Crippen molar-refractivity contribution >= 4 is 17.5 Å². The number of aromatic nitrogens is 1. The standard InChI is InChI=1S/C23H29N3O2/c1-16(2)17-9-11-20(12-10-17)26-23(28)21-15-18(13-14-24-21)22(27)25-19-7-5-3-4-6-8-19/h9-16,19H,3-8H2,1-2H3,(H,25,27)(H,26,28). The van der Waals surface area contributed by atoms with Gasteiger partial charge < -0.3 is 10.6 Å². The molecule has 1 heterocycles. The van der Waals surface area contributed by atoms with Crippen LogP contribution in [-0.2, 0) is 0 Å². The molecule has 2 amide bonds. The van der Waals surface area contributed by atoms with Gasteiger partial charge >= 0.3 is 0 Å². The molecular formula is C23H29N3O2. The Labute approximate surface area is 167 Å². The molecular weight excluding hydrogens is 350 g/mol. The molecule has 0 spiro atoms. The maximum Gasteiger partial charge on any atom is 0.274 e. The molecule has 1 saturated carbocycles. The second-order valence-corrected chi connectivity index (χ2v) is 7.82. The van der Waals surface area contributed by atoms with Crippen LogP contribution in [0.4, 0.5) is 5.69 Å². The van der Waals surface area contributed by atoms with Crippen molar-refractivity contribution in [3.8, 4) is 0 Å². The van der Waals surface area contributed by atoms with Gasteiger partial charge in [-0.2, -0.15) is 0 Å². The molecule has 1 aliphatic rings. The number of nitrogens with zero attached hydrogens (tertiary/aromatic N) is 1. The summed E-state index contributed by atoms with van der Waals surface area (Å²) in [5.74, 6) is -0.0128. The zero-order valence-corrected chi connectivity index (χ0v) is 16.7. The van der Waals surface area contributed by atoms with Crippen LogP contribution in [0.1, 0.15) is 84.7 Å². The van der Waals surface area contributed by atoms with E-state index in [1.165, 1.54) is 24.6 Å². The molecule has 5 nitrogen and oxygen atoms in total. The Morgan fingerprint density at radius 2 is 1.64 bits per heavy atom. The molecule has 5 heteroatoms. The summed E-state index contributed by atoms with van der Waals surface area (Å²) >= 11 is 0. The van der Waals surface area contributed by atoms with Crippen LogP contribution in [0.2, 0.25) is 0 Å². The lowest BCUT2D eigenvalue weighted by atomic mass is 10.0. The van der Waals surface area contributed by atoms with E-state index in [0.717, 1.165) is 25.7 Å². The van der Waals surface area contributed by atoms with Crippen molar-refractivity contribution in [1.29, 1.82) is 0 Å². The van der Waals surface area contributed by atoms with Crippen molar-refractivity contribution in [2.45, 2.75) is 64.3 Å². The van der Waals surface area contributed by atoms with Crippen molar-refractivity contribution in [1.82, 2.24) is 10.3 Å². The quantitative estimate of drug-likeness (QED) is 0.725. The monoisotopic (exact) mass is 379 g/mol. The van der Waals surface area contributed by atoms with Crippen molar-refractivity contribution in [3.63, 3.8) is 0 Å². The summed E-state index contributed by atoms with van der Waals surface area (Å²) in [7, 11) is 0. The molecule has 3 rings (SSSR count). The highest BCUT2D eigenvalue weighted by molar-refractivity contribution is 6.04.